The zero-order valence-electron chi connectivity index (χ0n) is 31.2. The summed E-state index contributed by atoms with van der Waals surface area (Å²) in [4.78, 5) is 55.4. The molecule has 62 heavy (non-hydrogen) atoms. The Morgan fingerprint density at radius 3 is 1.08 bits per heavy atom. The van der Waals surface area contributed by atoms with E-state index in [-0.39, 0.29) is 54.4 Å². The van der Waals surface area contributed by atoms with Gasteiger partial charge in [0, 0.05) is 67.4 Å². The van der Waals surface area contributed by atoms with Gasteiger partial charge in [-0.3, -0.25) is 28.3 Å². The molecule has 2 N–H and O–H groups in total. The second kappa shape index (κ2) is 12.0. The molecule has 300 valence electrons. The Hall–Kier alpha value is -7.76. The number of benzene rings is 6. The van der Waals surface area contributed by atoms with Crippen LogP contribution < -0.4 is 31.2 Å². The molecule has 0 saturated carbocycles. The number of hydrogen-bond donors (Lipinski definition) is 2. The smallest absolute Gasteiger partial charge is 0.294 e. The number of rotatable bonds is 6. The number of ether oxygens (including phenoxy) is 2. The highest BCUT2D eigenvalue weighted by Gasteiger charge is 2.28. The molecule has 0 aliphatic rings. The first-order chi connectivity index (χ1) is 29.7. The Morgan fingerprint density at radius 1 is 0.387 bits per heavy atom. The number of hydrogen-bond acceptors (Lipinski definition) is 10. The molecule has 6 heterocycles. The average molecular weight is 859 g/mol. The molecule has 14 nitrogen and oxygen atoms in total. The van der Waals surface area contributed by atoms with Gasteiger partial charge in [0.15, 0.2) is 21.7 Å². The van der Waals surface area contributed by atoms with Crippen LogP contribution >= 0.6 is 0 Å². The van der Waals surface area contributed by atoms with Crippen molar-refractivity contribution in [1.82, 2.24) is 8.80 Å². The minimum atomic E-state index is -4.56. The van der Waals surface area contributed by atoms with Crippen molar-refractivity contribution in [2.24, 2.45) is 0 Å². The SMILES string of the molecule is O=c1cc2c3cc(Oc4ccc(S(=O)(=O)O)cc4)c4c5c(c(Oc6ccc(S(=O)(=O)O)cc6)cc(c35)c3cc(=O)c5cccc1c5n23)c1cc(=O)c2cccc3c(=O)cc4n1c32. The van der Waals surface area contributed by atoms with Crippen LogP contribution in [0, 0.1) is 0 Å². The molecule has 12 rings (SSSR count). The second-order valence-electron chi connectivity index (χ2n) is 15.1. The van der Waals surface area contributed by atoms with E-state index in [0.717, 1.165) is 24.3 Å². The quantitative estimate of drug-likeness (QED) is 0.0946. The van der Waals surface area contributed by atoms with Crippen molar-refractivity contribution in [2.45, 2.75) is 9.79 Å². The predicted octanol–water partition coefficient (Wildman–Crippen LogP) is 7.53. The molecule has 0 saturated heterocycles. The molecule has 0 atom stereocenters. The fourth-order valence-corrected chi connectivity index (χ4v) is 10.2. The lowest BCUT2D eigenvalue weighted by atomic mass is 9.90. The van der Waals surface area contributed by atoms with E-state index in [0.29, 0.717) is 76.2 Å². The first-order valence-electron chi connectivity index (χ1n) is 18.8. The van der Waals surface area contributed by atoms with Crippen LogP contribution in [0.4, 0.5) is 0 Å². The summed E-state index contributed by atoms with van der Waals surface area (Å²) >= 11 is 0. The van der Waals surface area contributed by atoms with E-state index in [4.69, 9.17) is 9.47 Å². The highest BCUT2D eigenvalue weighted by atomic mass is 32.2. The van der Waals surface area contributed by atoms with Gasteiger partial charge in [-0.15, -0.1) is 0 Å². The summed E-state index contributed by atoms with van der Waals surface area (Å²) in [5, 5.41) is 3.64. The van der Waals surface area contributed by atoms with Crippen LogP contribution in [0.25, 0.3) is 87.0 Å². The summed E-state index contributed by atoms with van der Waals surface area (Å²) in [6.45, 7) is 0. The minimum absolute atomic E-state index is 0.133. The van der Waals surface area contributed by atoms with Gasteiger partial charge in [-0.05, 0) is 84.9 Å². The maximum atomic E-state index is 14.1. The van der Waals surface area contributed by atoms with Crippen molar-refractivity contribution in [1.29, 1.82) is 0 Å². The number of aromatic nitrogens is 2. The van der Waals surface area contributed by atoms with Gasteiger partial charge < -0.3 is 18.3 Å². The molecule has 0 fully saturated rings. The first-order valence-corrected chi connectivity index (χ1v) is 21.6. The van der Waals surface area contributed by atoms with E-state index >= 15 is 0 Å². The van der Waals surface area contributed by atoms with E-state index in [1.165, 1.54) is 48.5 Å². The lowest BCUT2D eigenvalue weighted by Crippen LogP contribution is -2.14. The third-order valence-electron chi connectivity index (χ3n) is 11.7. The molecule has 0 bridgehead atoms. The van der Waals surface area contributed by atoms with Crippen LogP contribution in [0.3, 0.4) is 0 Å². The minimum Gasteiger partial charge on any atom is -0.457 e. The zero-order chi connectivity index (χ0) is 42.7. The molecule has 6 aromatic heterocycles. The summed E-state index contributed by atoms with van der Waals surface area (Å²) in [6.07, 6.45) is 0. The van der Waals surface area contributed by atoms with Crippen LogP contribution in [0.15, 0.2) is 150 Å². The predicted molar refractivity (Wildman–Crippen MR) is 233 cm³/mol. The van der Waals surface area contributed by atoms with Gasteiger partial charge in [-0.1, -0.05) is 12.1 Å². The molecular formula is C46H22N2O12S2. The first kappa shape index (κ1) is 36.1. The zero-order valence-corrected chi connectivity index (χ0v) is 32.9. The standard InChI is InChI=1S/C46H22N2O12S2/c49-35-17-31-29-15-39(59-21-7-11-23(12-8-21)61(53,54)55)42-33-19-37(51)27-5-2-6-28-38(52)20-34(48(33)46(27)28)43-40(60-22-9-13-24(14-10-22)62(56,57)58)16-30(41(29)44(42)43)32-18-36(50)26-4-1-3-25(35)45(26)47(31)32/h1-20H,(H,53,54,55)(H,56,57,58). The Kier molecular flexibility index (Phi) is 6.97. The van der Waals surface area contributed by atoms with Crippen molar-refractivity contribution in [3.63, 3.8) is 0 Å². The number of para-hydroxylation sites is 2. The molecular weight excluding hydrogens is 837 g/mol. The van der Waals surface area contributed by atoms with Crippen molar-refractivity contribution < 1.29 is 35.4 Å². The molecule has 6 aromatic carbocycles. The number of pyridine rings is 6. The molecule has 0 unspecified atom stereocenters. The van der Waals surface area contributed by atoms with Crippen LogP contribution in [-0.4, -0.2) is 34.7 Å². The molecule has 0 amide bonds. The Labute approximate surface area is 345 Å². The second-order valence-corrected chi connectivity index (χ2v) is 17.9. The van der Waals surface area contributed by atoms with Crippen molar-refractivity contribution in [3.8, 4) is 23.0 Å². The number of fused-ring (bicyclic) bond motifs is 4. The largest absolute Gasteiger partial charge is 0.457 e. The number of nitrogens with zero attached hydrogens (tertiary/aromatic N) is 2. The average Bonchev–Trinajstić information content (AvgIpc) is 3.23. The van der Waals surface area contributed by atoms with Gasteiger partial charge in [-0.25, -0.2) is 0 Å². The normalized spacial score (nSPS) is 12.9. The summed E-state index contributed by atoms with van der Waals surface area (Å²) < 4.78 is 84.1. The van der Waals surface area contributed by atoms with E-state index in [9.17, 15) is 45.1 Å². The maximum Gasteiger partial charge on any atom is 0.294 e. The fourth-order valence-electron chi connectivity index (χ4n) is 9.21. The summed E-state index contributed by atoms with van der Waals surface area (Å²) in [5.74, 6) is 0.540. The third-order valence-corrected chi connectivity index (χ3v) is 13.4. The van der Waals surface area contributed by atoms with E-state index in [1.54, 1.807) is 52.9 Å². The van der Waals surface area contributed by atoms with E-state index in [2.05, 4.69) is 0 Å². The summed E-state index contributed by atoms with van der Waals surface area (Å²) in [7, 11) is -9.12. The lowest BCUT2D eigenvalue weighted by Gasteiger charge is -2.25. The van der Waals surface area contributed by atoms with Gasteiger partial charge in [0.1, 0.15) is 23.0 Å². The van der Waals surface area contributed by atoms with Crippen LogP contribution in [-0.2, 0) is 20.2 Å². The van der Waals surface area contributed by atoms with Gasteiger partial charge in [0.2, 0.25) is 0 Å². The third kappa shape index (κ3) is 4.85. The van der Waals surface area contributed by atoms with Gasteiger partial charge in [0.05, 0.1) is 53.7 Å². The van der Waals surface area contributed by atoms with Gasteiger partial charge in [0.25, 0.3) is 20.2 Å². The fraction of sp³-hybridized carbons (Fsp3) is 0. The maximum absolute atomic E-state index is 14.1. The van der Waals surface area contributed by atoms with Gasteiger partial charge in [-0.2, -0.15) is 16.8 Å². The van der Waals surface area contributed by atoms with Gasteiger partial charge >= 0.3 is 0 Å². The molecule has 12 aromatic rings. The molecule has 0 aliphatic carbocycles. The topological polar surface area (TPSA) is 204 Å². The van der Waals surface area contributed by atoms with Crippen LogP contribution in [0.1, 0.15) is 0 Å². The summed E-state index contributed by atoms with van der Waals surface area (Å²) in [6, 6.07) is 29.0. The monoisotopic (exact) mass is 858 g/mol. The molecule has 0 radical (unpaired) electrons. The Morgan fingerprint density at radius 2 is 0.726 bits per heavy atom. The molecule has 0 spiro atoms. The van der Waals surface area contributed by atoms with E-state index in [1.807, 2.05) is 4.40 Å². The van der Waals surface area contributed by atoms with Crippen molar-refractivity contribution in [2.75, 3.05) is 0 Å². The van der Waals surface area contributed by atoms with Crippen LogP contribution in [0.2, 0.25) is 0 Å². The Balaban J connectivity index is 1.35. The van der Waals surface area contributed by atoms with E-state index < -0.39 is 31.1 Å². The molecule has 16 heteroatoms. The van der Waals surface area contributed by atoms with Crippen LogP contribution in [0.5, 0.6) is 23.0 Å². The highest BCUT2D eigenvalue weighted by molar-refractivity contribution is 7.86. The lowest BCUT2D eigenvalue weighted by molar-refractivity contribution is 0.478. The van der Waals surface area contributed by atoms with Crippen molar-refractivity contribution in [3.05, 3.63) is 162 Å². The van der Waals surface area contributed by atoms with Crippen molar-refractivity contribution >= 4 is 107 Å². The Bertz CT molecular complexity index is 4190. The molecule has 0 aliphatic heterocycles. The highest BCUT2D eigenvalue weighted by Crippen LogP contribution is 2.51. The summed E-state index contributed by atoms with van der Waals surface area (Å²) in [5.41, 5.74) is 0.605.